The molecule has 2 aromatic rings. The van der Waals surface area contributed by atoms with E-state index in [-0.39, 0.29) is 18.5 Å². The summed E-state index contributed by atoms with van der Waals surface area (Å²) in [5.74, 6) is 0.591. The molecule has 7 heteroatoms. The molecule has 0 spiro atoms. The number of nitrogens with one attached hydrogen (secondary N) is 1. The molecule has 1 unspecified atom stereocenters. The Morgan fingerprint density at radius 2 is 2.30 bits per heavy atom. The third-order valence-corrected chi connectivity index (χ3v) is 3.88. The molecule has 0 saturated carbocycles. The van der Waals surface area contributed by atoms with Gasteiger partial charge in [-0.25, -0.2) is 4.98 Å². The van der Waals surface area contributed by atoms with Crippen molar-refractivity contribution in [3.05, 3.63) is 41.2 Å². The lowest BCUT2D eigenvalue weighted by Crippen LogP contribution is -2.44. The molecule has 0 aliphatic carbocycles. The van der Waals surface area contributed by atoms with E-state index in [0.29, 0.717) is 17.5 Å². The highest BCUT2D eigenvalue weighted by Gasteiger charge is 2.17. The van der Waals surface area contributed by atoms with E-state index in [1.54, 1.807) is 6.26 Å². The topological polar surface area (TPSA) is 50.5 Å². The fourth-order valence-electron chi connectivity index (χ4n) is 2.49. The van der Waals surface area contributed by atoms with Crippen molar-refractivity contribution in [1.29, 1.82) is 0 Å². The summed E-state index contributed by atoms with van der Waals surface area (Å²) in [6.45, 7) is 4.23. The second-order valence-corrected chi connectivity index (χ2v) is 5.98. The largest absolute Gasteiger partial charge is 0.444 e. The number of hydrogen-bond acceptors (Lipinski definition) is 5. The molecule has 1 aliphatic rings. The number of likely N-dealkylation sites (N-methyl/N-ethyl adjacent to an activating group) is 1. The Morgan fingerprint density at radius 3 is 3.09 bits per heavy atom. The van der Waals surface area contributed by atoms with E-state index in [1.165, 1.54) is 0 Å². The summed E-state index contributed by atoms with van der Waals surface area (Å²) in [6, 6.07) is 7.49. The summed E-state index contributed by atoms with van der Waals surface area (Å²) in [4.78, 5) is 6.76. The van der Waals surface area contributed by atoms with Crippen molar-refractivity contribution in [2.24, 2.45) is 0 Å². The zero-order valence-corrected chi connectivity index (χ0v) is 14.6. The molecule has 126 valence electrons. The van der Waals surface area contributed by atoms with Crippen LogP contribution in [0.1, 0.15) is 5.69 Å². The zero-order valence-electron chi connectivity index (χ0n) is 13.0. The minimum Gasteiger partial charge on any atom is -0.444 e. The molecule has 1 aromatic carbocycles. The molecule has 3 rings (SSSR count). The van der Waals surface area contributed by atoms with Gasteiger partial charge in [-0.15, -0.1) is 12.4 Å². The quantitative estimate of drug-likeness (QED) is 0.891. The Kier molecular flexibility index (Phi) is 6.87. The molecule has 1 N–H and O–H groups in total. The number of benzene rings is 1. The van der Waals surface area contributed by atoms with Crippen LogP contribution in [0.25, 0.3) is 11.5 Å². The molecule has 1 aromatic heterocycles. The summed E-state index contributed by atoms with van der Waals surface area (Å²) >= 11 is 5.98. The summed E-state index contributed by atoms with van der Waals surface area (Å²) in [5, 5.41) is 4.04. The van der Waals surface area contributed by atoms with Gasteiger partial charge in [-0.05, 0) is 25.2 Å². The van der Waals surface area contributed by atoms with E-state index < -0.39 is 0 Å². The van der Waals surface area contributed by atoms with Gasteiger partial charge in [0.2, 0.25) is 5.89 Å². The number of rotatable bonds is 5. The molecule has 2 heterocycles. The number of nitrogens with zero attached hydrogens (tertiary/aromatic N) is 2. The molecule has 1 saturated heterocycles. The molecule has 0 amide bonds. The maximum atomic E-state index is 5.98. The van der Waals surface area contributed by atoms with Crippen molar-refractivity contribution in [1.82, 2.24) is 15.2 Å². The van der Waals surface area contributed by atoms with Crippen LogP contribution in [0.3, 0.4) is 0 Å². The van der Waals surface area contributed by atoms with E-state index in [0.717, 1.165) is 37.5 Å². The van der Waals surface area contributed by atoms with E-state index >= 15 is 0 Å². The molecular formula is C16H21Cl2N3O2. The van der Waals surface area contributed by atoms with E-state index in [9.17, 15) is 0 Å². The minimum absolute atomic E-state index is 0. The number of oxazole rings is 1. The molecule has 0 bridgehead atoms. The number of morpholine rings is 1. The van der Waals surface area contributed by atoms with E-state index in [4.69, 9.17) is 20.8 Å². The third-order valence-electron chi connectivity index (χ3n) is 3.64. The Balaban J connectivity index is 0.00000192. The van der Waals surface area contributed by atoms with E-state index in [2.05, 4.69) is 22.2 Å². The standard InChI is InChI=1S/C16H20ClN3O2.ClH/c1-20-5-6-21-15(10-20)9-18-8-14-11-22-16(19-14)12-3-2-4-13(17)7-12;/h2-4,7,11,15,18H,5-6,8-10H2,1H3;1H. The van der Waals surface area contributed by atoms with Crippen LogP contribution in [0.5, 0.6) is 0 Å². The molecule has 23 heavy (non-hydrogen) atoms. The highest BCUT2D eigenvalue weighted by molar-refractivity contribution is 6.30. The normalized spacial score (nSPS) is 18.6. The van der Waals surface area contributed by atoms with Crippen LogP contribution >= 0.6 is 24.0 Å². The molecule has 1 atom stereocenters. The van der Waals surface area contributed by atoms with Gasteiger partial charge in [0, 0.05) is 36.8 Å². The number of ether oxygens (including phenoxy) is 1. The van der Waals surface area contributed by atoms with Crippen LogP contribution in [0.4, 0.5) is 0 Å². The monoisotopic (exact) mass is 357 g/mol. The minimum atomic E-state index is 0. The first-order valence-corrected chi connectivity index (χ1v) is 7.80. The van der Waals surface area contributed by atoms with Gasteiger partial charge in [0.05, 0.1) is 18.4 Å². The molecule has 5 nitrogen and oxygen atoms in total. The number of hydrogen-bond donors (Lipinski definition) is 1. The van der Waals surface area contributed by atoms with Crippen LogP contribution < -0.4 is 5.32 Å². The predicted molar refractivity (Wildman–Crippen MR) is 93.1 cm³/mol. The van der Waals surface area contributed by atoms with Crippen LogP contribution in [-0.2, 0) is 11.3 Å². The summed E-state index contributed by atoms with van der Waals surface area (Å²) in [7, 11) is 2.12. The van der Waals surface area contributed by atoms with Crippen molar-refractivity contribution in [3.63, 3.8) is 0 Å². The van der Waals surface area contributed by atoms with Gasteiger partial charge in [0.1, 0.15) is 6.26 Å². The lowest BCUT2D eigenvalue weighted by molar-refractivity contribution is -0.0182. The second-order valence-electron chi connectivity index (χ2n) is 5.54. The fourth-order valence-corrected chi connectivity index (χ4v) is 2.68. The van der Waals surface area contributed by atoms with Crippen LogP contribution in [0.15, 0.2) is 34.9 Å². The smallest absolute Gasteiger partial charge is 0.226 e. The van der Waals surface area contributed by atoms with Gasteiger partial charge >= 0.3 is 0 Å². The highest BCUT2D eigenvalue weighted by Crippen LogP contribution is 2.21. The maximum Gasteiger partial charge on any atom is 0.226 e. The predicted octanol–water partition coefficient (Wildman–Crippen LogP) is 2.84. The average Bonchev–Trinajstić information content (AvgIpc) is 2.96. The Hall–Kier alpha value is -1.11. The fraction of sp³-hybridized carbons (Fsp3) is 0.438. The molecule has 0 radical (unpaired) electrons. The maximum absolute atomic E-state index is 5.98. The van der Waals surface area contributed by atoms with Gasteiger partial charge in [-0.2, -0.15) is 0 Å². The highest BCUT2D eigenvalue weighted by atomic mass is 35.5. The van der Waals surface area contributed by atoms with Gasteiger partial charge in [0.25, 0.3) is 0 Å². The van der Waals surface area contributed by atoms with Gasteiger partial charge in [0.15, 0.2) is 0 Å². The van der Waals surface area contributed by atoms with Crippen LogP contribution in [0, 0.1) is 0 Å². The zero-order chi connectivity index (χ0) is 15.4. The lowest BCUT2D eigenvalue weighted by atomic mass is 10.2. The first kappa shape index (κ1) is 18.2. The van der Waals surface area contributed by atoms with E-state index in [1.807, 2.05) is 24.3 Å². The third kappa shape index (κ3) is 5.19. The number of aromatic nitrogens is 1. The van der Waals surface area contributed by atoms with Crippen molar-refractivity contribution in [2.75, 3.05) is 33.3 Å². The Bertz CT molecular complexity index is 621. The number of halogens is 2. The SMILES string of the molecule is CN1CCOC(CNCc2coc(-c3cccc(Cl)c3)n2)C1.Cl. The van der Waals surface area contributed by atoms with Crippen molar-refractivity contribution in [2.45, 2.75) is 12.6 Å². The van der Waals surface area contributed by atoms with Crippen LogP contribution in [-0.4, -0.2) is 49.3 Å². The van der Waals surface area contributed by atoms with Crippen molar-refractivity contribution < 1.29 is 9.15 Å². The molecule has 1 fully saturated rings. The summed E-state index contributed by atoms with van der Waals surface area (Å²) in [5.41, 5.74) is 1.76. The lowest BCUT2D eigenvalue weighted by Gasteiger charge is -2.30. The van der Waals surface area contributed by atoms with Crippen LogP contribution in [0.2, 0.25) is 5.02 Å². The first-order valence-electron chi connectivity index (χ1n) is 7.42. The molecule has 1 aliphatic heterocycles. The van der Waals surface area contributed by atoms with Gasteiger partial charge in [-0.1, -0.05) is 17.7 Å². The van der Waals surface area contributed by atoms with Gasteiger partial charge < -0.3 is 19.4 Å². The Morgan fingerprint density at radius 1 is 1.43 bits per heavy atom. The Labute approximate surface area is 147 Å². The molecular weight excluding hydrogens is 337 g/mol. The average molecular weight is 358 g/mol. The second kappa shape index (κ2) is 8.66. The van der Waals surface area contributed by atoms with Crippen molar-refractivity contribution in [3.8, 4) is 11.5 Å². The van der Waals surface area contributed by atoms with Gasteiger partial charge in [-0.3, -0.25) is 0 Å². The first-order chi connectivity index (χ1) is 10.7. The summed E-state index contributed by atoms with van der Waals surface area (Å²) in [6.07, 6.45) is 1.91. The summed E-state index contributed by atoms with van der Waals surface area (Å²) < 4.78 is 11.2. The van der Waals surface area contributed by atoms with Crippen molar-refractivity contribution >= 4 is 24.0 Å².